The summed E-state index contributed by atoms with van der Waals surface area (Å²) in [6.45, 7) is 0. The second kappa shape index (κ2) is 14.0. The zero-order chi connectivity index (χ0) is 36.6. The number of nitrogens with zero attached hydrogens (tertiary/aromatic N) is 6. The van der Waals surface area contributed by atoms with Crippen molar-refractivity contribution in [1.29, 1.82) is 0 Å². The molecule has 0 aliphatic heterocycles. The molecule has 7 heteroatoms. The fourth-order valence-corrected chi connectivity index (χ4v) is 8.16. The molecule has 0 fully saturated rings. The van der Waals surface area contributed by atoms with E-state index >= 15 is 0 Å². The summed E-state index contributed by atoms with van der Waals surface area (Å²) in [5, 5.41) is 2.17. The van der Waals surface area contributed by atoms with Gasteiger partial charge in [-0.05, 0) is 23.3 Å². The van der Waals surface area contributed by atoms with Crippen molar-refractivity contribution < 1.29 is 0 Å². The van der Waals surface area contributed by atoms with Crippen molar-refractivity contribution in [3.05, 3.63) is 182 Å². The molecule has 0 aliphatic rings. The van der Waals surface area contributed by atoms with Crippen molar-refractivity contribution in [1.82, 2.24) is 29.9 Å². The second-order valence-electron chi connectivity index (χ2n) is 13.1. The molecule has 0 saturated carbocycles. The number of benzene rings is 7. The van der Waals surface area contributed by atoms with Gasteiger partial charge in [0.05, 0.1) is 0 Å². The molecule has 55 heavy (non-hydrogen) atoms. The van der Waals surface area contributed by atoms with Crippen LogP contribution in [-0.4, -0.2) is 29.9 Å². The predicted octanol–water partition coefficient (Wildman–Crippen LogP) is 12.1. The van der Waals surface area contributed by atoms with Gasteiger partial charge in [-0.25, -0.2) is 29.9 Å². The Morgan fingerprint density at radius 1 is 0.273 bits per heavy atom. The lowest BCUT2D eigenvalue weighted by molar-refractivity contribution is 1.08. The first-order valence-electron chi connectivity index (χ1n) is 18.0. The standard InChI is InChI=1S/C48H30N6S/c1-5-15-31(16-6-1)32-27-29-36(30-28-32)46-50-43(33-17-7-2-8-18-33)51-47(52-46)38-24-14-26-40-41(38)37-23-13-25-39(42(37)55-40)48-53-44(34-19-9-3-10-20-34)49-45(54-48)35-21-11-4-12-22-35/h1-30H. The summed E-state index contributed by atoms with van der Waals surface area (Å²) >= 11 is 1.72. The Bertz CT molecular complexity index is 2890. The SMILES string of the molecule is c1ccc(-c2ccc(-c3nc(-c4ccccc4)nc(-c4cccc5sc6c(-c7nc(-c8ccccc8)nc(-c8ccccc8)n7)cccc6c45)n3)cc2)cc1. The Balaban J connectivity index is 1.15. The van der Waals surface area contributed by atoms with Crippen LogP contribution in [0.5, 0.6) is 0 Å². The number of thiophene rings is 1. The topological polar surface area (TPSA) is 77.3 Å². The summed E-state index contributed by atoms with van der Waals surface area (Å²) in [4.78, 5) is 30.3. The minimum absolute atomic E-state index is 0.615. The molecule has 0 N–H and O–H groups in total. The van der Waals surface area contributed by atoms with Gasteiger partial charge in [0.2, 0.25) is 0 Å². The molecular weight excluding hydrogens is 693 g/mol. The van der Waals surface area contributed by atoms with E-state index in [4.69, 9.17) is 29.9 Å². The van der Waals surface area contributed by atoms with Gasteiger partial charge in [-0.2, -0.15) is 0 Å². The van der Waals surface area contributed by atoms with Gasteiger partial charge in [0.1, 0.15) is 0 Å². The van der Waals surface area contributed by atoms with Crippen LogP contribution in [0.3, 0.4) is 0 Å². The Kier molecular flexibility index (Phi) is 8.24. The van der Waals surface area contributed by atoms with Crippen molar-refractivity contribution in [3.63, 3.8) is 0 Å². The van der Waals surface area contributed by atoms with Crippen LogP contribution in [0, 0.1) is 0 Å². The Morgan fingerprint density at radius 3 is 1.15 bits per heavy atom. The number of fused-ring (bicyclic) bond motifs is 3. The van der Waals surface area contributed by atoms with Gasteiger partial charge in [0.15, 0.2) is 34.9 Å². The third kappa shape index (κ3) is 6.22. The van der Waals surface area contributed by atoms with Gasteiger partial charge in [-0.1, -0.05) is 170 Å². The lowest BCUT2D eigenvalue weighted by atomic mass is 10.0. The van der Waals surface area contributed by atoms with Crippen molar-refractivity contribution >= 4 is 31.5 Å². The maximum absolute atomic E-state index is 5.16. The number of hydrogen-bond acceptors (Lipinski definition) is 7. The smallest absolute Gasteiger partial charge is 0.165 e. The van der Waals surface area contributed by atoms with Crippen LogP contribution in [-0.2, 0) is 0 Å². The molecule has 0 atom stereocenters. The van der Waals surface area contributed by atoms with Gasteiger partial charge >= 0.3 is 0 Å². The minimum atomic E-state index is 0.615. The van der Waals surface area contributed by atoms with Crippen molar-refractivity contribution in [2.24, 2.45) is 0 Å². The highest BCUT2D eigenvalue weighted by Crippen LogP contribution is 2.43. The first-order valence-corrected chi connectivity index (χ1v) is 18.9. The normalized spacial score (nSPS) is 11.3. The molecular formula is C48H30N6S. The van der Waals surface area contributed by atoms with Crippen LogP contribution in [0.25, 0.3) is 99.6 Å². The first-order chi connectivity index (χ1) is 27.2. The van der Waals surface area contributed by atoms with Gasteiger partial charge < -0.3 is 0 Å². The van der Waals surface area contributed by atoms with E-state index in [0.29, 0.717) is 34.9 Å². The number of hydrogen-bond donors (Lipinski definition) is 0. The minimum Gasteiger partial charge on any atom is -0.208 e. The molecule has 0 saturated heterocycles. The fraction of sp³-hybridized carbons (Fsp3) is 0. The Labute approximate surface area is 321 Å². The molecule has 3 aromatic heterocycles. The molecule has 3 heterocycles. The molecule has 6 nitrogen and oxygen atoms in total. The van der Waals surface area contributed by atoms with Gasteiger partial charge in [0, 0.05) is 53.6 Å². The van der Waals surface area contributed by atoms with Crippen molar-refractivity contribution in [2.45, 2.75) is 0 Å². The first kappa shape index (κ1) is 32.4. The number of rotatable bonds is 7. The molecule has 258 valence electrons. The van der Waals surface area contributed by atoms with E-state index in [-0.39, 0.29) is 0 Å². The van der Waals surface area contributed by atoms with Crippen LogP contribution >= 0.6 is 11.3 Å². The third-order valence-electron chi connectivity index (χ3n) is 9.62. The summed E-state index contributed by atoms with van der Waals surface area (Å²) in [7, 11) is 0. The molecule has 0 radical (unpaired) electrons. The van der Waals surface area contributed by atoms with E-state index in [1.165, 1.54) is 0 Å². The lowest BCUT2D eigenvalue weighted by Crippen LogP contribution is -2.00. The third-order valence-corrected chi connectivity index (χ3v) is 10.8. The van der Waals surface area contributed by atoms with E-state index in [0.717, 1.165) is 64.7 Å². The molecule has 0 amide bonds. The fourth-order valence-electron chi connectivity index (χ4n) is 6.92. The summed E-state index contributed by atoms with van der Waals surface area (Å²) in [6, 6.07) is 61.7. The summed E-state index contributed by atoms with van der Waals surface area (Å²) in [5.41, 5.74) is 7.90. The highest BCUT2D eigenvalue weighted by molar-refractivity contribution is 7.26. The highest BCUT2D eigenvalue weighted by atomic mass is 32.1. The maximum atomic E-state index is 5.16. The molecule has 0 spiro atoms. The second-order valence-corrected chi connectivity index (χ2v) is 14.2. The van der Waals surface area contributed by atoms with E-state index in [1.807, 2.05) is 97.1 Å². The quantitative estimate of drug-likeness (QED) is 0.163. The zero-order valence-electron chi connectivity index (χ0n) is 29.4. The van der Waals surface area contributed by atoms with Crippen LogP contribution in [0.4, 0.5) is 0 Å². The molecule has 0 aliphatic carbocycles. The Morgan fingerprint density at radius 2 is 0.636 bits per heavy atom. The van der Waals surface area contributed by atoms with Gasteiger partial charge in [0.25, 0.3) is 0 Å². The molecule has 10 rings (SSSR count). The lowest BCUT2D eigenvalue weighted by Gasteiger charge is -2.10. The summed E-state index contributed by atoms with van der Waals surface area (Å²) < 4.78 is 2.21. The Hall–Kier alpha value is -7.22. The monoisotopic (exact) mass is 722 g/mol. The summed E-state index contributed by atoms with van der Waals surface area (Å²) in [6.07, 6.45) is 0. The average Bonchev–Trinajstić information content (AvgIpc) is 3.67. The molecule has 10 aromatic rings. The maximum Gasteiger partial charge on any atom is 0.165 e. The van der Waals surface area contributed by atoms with Gasteiger partial charge in [-0.15, -0.1) is 11.3 Å². The van der Waals surface area contributed by atoms with E-state index in [9.17, 15) is 0 Å². The van der Waals surface area contributed by atoms with E-state index in [2.05, 4.69) is 84.9 Å². The molecule has 0 bridgehead atoms. The molecule has 7 aromatic carbocycles. The van der Waals surface area contributed by atoms with Crippen LogP contribution in [0.1, 0.15) is 0 Å². The molecule has 0 unspecified atom stereocenters. The number of aromatic nitrogens is 6. The van der Waals surface area contributed by atoms with Gasteiger partial charge in [-0.3, -0.25) is 0 Å². The summed E-state index contributed by atoms with van der Waals surface area (Å²) in [5.74, 6) is 3.74. The van der Waals surface area contributed by atoms with E-state index in [1.54, 1.807) is 11.3 Å². The highest BCUT2D eigenvalue weighted by Gasteiger charge is 2.20. The van der Waals surface area contributed by atoms with Crippen molar-refractivity contribution in [3.8, 4) is 79.5 Å². The van der Waals surface area contributed by atoms with E-state index < -0.39 is 0 Å². The zero-order valence-corrected chi connectivity index (χ0v) is 30.2. The predicted molar refractivity (Wildman–Crippen MR) is 224 cm³/mol. The average molecular weight is 723 g/mol. The largest absolute Gasteiger partial charge is 0.208 e. The van der Waals surface area contributed by atoms with Crippen LogP contribution in [0.15, 0.2) is 182 Å². The van der Waals surface area contributed by atoms with Crippen LogP contribution < -0.4 is 0 Å². The van der Waals surface area contributed by atoms with Crippen LogP contribution in [0.2, 0.25) is 0 Å². The van der Waals surface area contributed by atoms with Crippen molar-refractivity contribution in [2.75, 3.05) is 0 Å².